The summed E-state index contributed by atoms with van der Waals surface area (Å²) in [5.41, 5.74) is 4.97. The molecule has 1 aliphatic carbocycles. The summed E-state index contributed by atoms with van der Waals surface area (Å²) in [6, 6.07) is 10.8. The highest BCUT2D eigenvalue weighted by Crippen LogP contribution is 2.38. The molecule has 39 heavy (non-hydrogen) atoms. The molecule has 0 saturated carbocycles. The number of H-pyrrole nitrogens is 1. The Bertz CT molecular complexity index is 1650. The maximum absolute atomic E-state index is 13.5. The lowest BCUT2D eigenvalue weighted by molar-refractivity contribution is 0.187. The van der Waals surface area contributed by atoms with Gasteiger partial charge in [-0.25, -0.2) is 14.5 Å². The quantitative estimate of drug-likeness (QED) is 0.383. The van der Waals surface area contributed by atoms with E-state index in [0.29, 0.717) is 10.7 Å². The number of nitrogens with zero attached hydrogens (tertiary/aromatic N) is 6. The number of benzene rings is 1. The number of aromatic nitrogens is 7. The van der Waals surface area contributed by atoms with Gasteiger partial charge in [-0.3, -0.25) is 10.1 Å². The van der Waals surface area contributed by atoms with E-state index >= 15 is 0 Å². The lowest BCUT2D eigenvalue weighted by atomic mass is 9.88. The predicted molar refractivity (Wildman–Crippen MR) is 145 cm³/mol. The Morgan fingerprint density at radius 1 is 1.23 bits per heavy atom. The Hall–Kier alpha value is -4.51. The van der Waals surface area contributed by atoms with Gasteiger partial charge in [-0.1, -0.05) is 35.9 Å². The van der Waals surface area contributed by atoms with E-state index in [-0.39, 0.29) is 23.6 Å². The van der Waals surface area contributed by atoms with Crippen LogP contribution >= 0.6 is 11.6 Å². The molecule has 0 saturated heterocycles. The van der Waals surface area contributed by atoms with Crippen LogP contribution in [0.3, 0.4) is 0 Å². The fourth-order valence-corrected chi connectivity index (χ4v) is 5.58. The number of aryl methyl sites for hydroxylation is 2. The highest BCUT2D eigenvalue weighted by Gasteiger charge is 2.31. The number of fused-ring (bicyclic) bond motifs is 1. The van der Waals surface area contributed by atoms with Crippen molar-refractivity contribution < 1.29 is 9.53 Å². The lowest BCUT2D eigenvalue weighted by Crippen LogP contribution is -2.26. The molecule has 198 valence electrons. The van der Waals surface area contributed by atoms with Crippen molar-refractivity contribution >= 4 is 23.4 Å². The number of allylic oxidation sites excluding steroid dienone is 4. The lowest BCUT2D eigenvalue weighted by Gasteiger charge is -2.25. The molecule has 2 N–H and O–H groups in total. The van der Waals surface area contributed by atoms with E-state index in [1.807, 2.05) is 41.9 Å². The number of carbonyl (C=O) groups excluding carboxylic acids is 1. The maximum atomic E-state index is 13.5. The van der Waals surface area contributed by atoms with Gasteiger partial charge in [0.25, 0.3) is 5.56 Å². The van der Waals surface area contributed by atoms with Crippen LogP contribution in [0.15, 0.2) is 70.8 Å². The Kier molecular flexibility index (Phi) is 6.35. The number of hydrogen-bond donors (Lipinski definition) is 2. The van der Waals surface area contributed by atoms with Gasteiger partial charge >= 0.3 is 6.09 Å². The minimum absolute atomic E-state index is 0.0895. The zero-order valence-corrected chi connectivity index (χ0v) is 22.0. The van der Waals surface area contributed by atoms with Crippen LogP contribution in [0.25, 0.3) is 11.3 Å². The number of hydrogen-bond acceptors (Lipinski definition) is 7. The van der Waals surface area contributed by atoms with Gasteiger partial charge in [-0.05, 0) is 65.6 Å². The standard InChI is InChI=1S/C27H25ClN8O3/c1-15-25(16-3-6-19(7-4-16)31-27(38)39-2)32-26(30-15)23-10-8-20-11-17(12-24(37)36(20)23)21-13-18(28)5-9-22(21)35-14-29-33-34-35/h3-7,9,11-14,21-23H,8,10H2,1-2H3,(H,30,32)(H,31,38). The number of ether oxygens (including phenoxy) is 1. The first-order chi connectivity index (χ1) is 18.9. The summed E-state index contributed by atoms with van der Waals surface area (Å²) < 4.78 is 8.13. The minimum Gasteiger partial charge on any atom is -0.453 e. The van der Waals surface area contributed by atoms with Gasteiger partial charge in [-0.2, -0.15) is 0 Å². The number of halogens is 1. The second-order valence-electron chi connectivity index (χ2n) is 9.54. The first-order valence-electron chi connectivity index (χ1n) is 12.5. The normalized spacial score (nSPS) is 20.0. The van der Waals surface area contributed by atoms with Gasteiger partial charge in [0.05, 0.1) is 30.6 Å². The zero-order valence-electron chi connectivity index (χ0n) is 21.2. The van der Waals surface area contributed by atoms with E-state index in [0.717, 1.165) is 46.9 Å². The monoisotopic (exact) mass is 544 g/mol. The number of methoxy groups -OCH3 is 1. The van der Waals surface area contributed by atoms with Gasteiger partial charge in [0.2, 0.25) is 0 Å². The van der Waals surface area contributed by atoms with Crippen LogP contribution in [0.1, 0.15) is 47.2 Å². The highest BCUT2D eigenvalue weighted by atomic mass is 35.5. The van der Waals surface area contributed by atoms with E-state index < -0.39 is 6.09 Å². The van der Waals surface area contributed by atoms with Crippen LogP contribution in [0.4, 0.5) is 10.5 Å². The van der Waals surface area contributed by atoms with Crippen LogP contribution in [0.2, 0.25) is 0 Å². The summed E-state index contributed by atoms with van der Waals surface area (Å²) in [6.45, 7) is 1.93. The summed E-state index contributed by atoms with van der Waals surface area (Å²) in [4.78, 5) is 33.2. The molecule has 0 spiro atoms. The van der Waals surface area contributed by atoms with Crippen LogP contribution < -0.4 is 10.9 Å². The van der Waals surface area contributed by atoms with Crippen molar-refractivity contribution in [2.75, 3.05) is 12.4 Å². The number of anilines is 1. The van der Waals surface area contributed by atoms with E-state index in [4.69, 9.17) is 16.6 Å². The van der Waals surface area contributed by atoms with E-state index in [9.17, 15) is 9.59 Å². The Balaban J connectivity index is 1.29. The first kappa shape index (κ1) is 24.8. The molecule has 3 aromatic heterocycles. The molecule has 0 radical (unpaired) electrons. The van der Waals surface area contributed by atoms with Crippen molar-refractivity contribution in [3.05, 3.63) is 99.1 Å². The fraction of sp³-hybridized carbons (Fsp3) is 0.259. The Labute approximate surface area is 228 Å². The number of imidazole rings is 1. The van der Waals surface area contributed by atoms with Gasteiger partial charge in [0, 0.05) is 28.4 Å². The molecule has 1 amide bonds. The Morgan fingerprint density at radius 2 is 2.05 bits per heavy atom. The molecule has 4 aromatic rings. The third-order valence-electron chi connectivity index (χ3n) is 7.19. The van der Waals surface area contributed by atoms with Crippen molar-refractivity contribution in [3.63, 3.8) is 0 Å². The second kappa shape index (κ2) is 9.99. The van der Waals surface area contributed by atoms with Crippen LogP contribution in [-0.4, -0.2) is 47.9 Å². The van der Waals surface area contributed by atoms with E-state index in [1.54, 1.807) is 29.2 Å². The molecule has 0 fully saturated rings. The smallest absolute Gasteiger partial charge is 0.411 e. The number of nitrogens with one attached hydrogen (secondary N) is 2. The van der Waals surface area contributed by atoms with Gasteiger partial charge < -0.3 is 14.3 Å². The first-order valence-corrected chi connectivity index (χ1v) is 12.8. The average molecular weight is 545 g/mol. The highest BCUT2D eigenvalue weighted by molar-refractivity contribution is 6.31. The van der Waals surface area contributed by atoms with Gasteiger partial charge in [-0.15, -0.1) is 5.10 Å². The summed E-state index contributed by atoms with van der Waals surface area (Å²) in [5, 5.41) is 14.8. The fourth-order valence-electron chi connectivity index (χ4n) is 5.37. The van der Waals surface area contributed by atoms with Crippen molar-refractivity contribution in [3.8, 4) is 11.3 Å². The summed E-state index contributed by atoms with van der Waals surface area (Å²) in [7, 11) is 1.32. The van der Waals surface area contributed by atoms with Crippen LogP contribution in [-0.2, 0) is 11.2 Å². The topological polar surface area (TPSA) is 133 Å². The number of tetrazole rings is 1. The maximum Gasteiger partial charge on any atom is 0.411 e. The van der Waals surface area contributed by atoms with Crippen molar-refractivity contribution in [1.82, 2.24) is 34.7 Å². The molecule has 1 aromatic carbocycles. The van der Waals surface area contributed by atoms with Gasteiger partial charge in [0.1, 0.15) is 12.2 Å². The van der Waals surface area contributed by atoms with E-state index in [2.05, 4.69) is 36.6 Å². The van der Waals surface area contributed by atoms with Crippen LogP contribution in [0.5, 0.6) is 0 Å². The van der Waals surface area contributed by atoms with Crippen molar-refractivity contribution in [2.24, 2.45) is 0 Å². The molecular weight excluding hydrogens is 520 g/mol. The van der Waals surface area contributed by atoms with Crippen molar-refractivity contribution in [2.45, 2.75) is 37.8 Å². The summed E-state index contributed by atoms with van der Waals surface area (Å²) in [5.74, 6) is 0.556. The summed E-state index contributed by atoms with van der Waals surface area (Å²) in [6.07, 6.45) is 8.23. The van der Waals surface area contributed by atoms with Crippen LogP contribution in [0, 0.1) is 6.92 Å². The molecule has 3 atom stereocenters. The third-order valence-corrected chi connectivity index (χ3v) is 7.45. The number of pyridine rings is 1. The largest absolute Gasteiger partial charge is 0.453 e. The number of rotatable bonds is 5. The summed E-state index contributed by atoms with van der Waals surface area (Å²) >= 11 is 6.35. The predicted octanol–water partition coefficient (Wildman–Crippen LogP) is 4.26. The zero-order chi connectivity index (χ0) is 27.1. The number of aromatic amines is 1. The molecule has 0 bridgehead atoms. The van der Waals surface area contributed by atoms with Crippen molar-refractivity contribution in [1.29, 1.82) is 0 Å². The molecule has 2 aliphatic rings. The molecule has 6 rings (SSSR count). The molecule has 11 nitrogen and oxygen atoms in total. The Morgan fingerprint density at radius 3 is 2.79 bits per heavy atom. The second-order valence-corrected chi connectivity index (χ2v) is 9.97. The molecular formula is C27H25ClN8O3. The minimum atomic E-state index is -0.527. The molecule has 1 aliphatic heterocycles. The van der Waals surface area contributed by atoms with E-state index in [1.165, 1.54) is 7.11 Å². The molecule has 3 unspecified atom stereocenters. The molecule has 12 heteroatoms. The average Bonchev–Trinajstić information content (AvgIpc) is 3.69. The van der Waals surface area contributed by atoms with Gasteiger partial charge in [0.15, 0.2) is 0 Å². The third kappa shape index (κ3) is 4.65. The SMILES string of the molecule is COC(=O)Nc1ccc(-c2[nH]c(C3CCc4cc(C5C=C(Cl)C=CC5n5cnnn5)cc(=O)n43)nc2C)cc1. The number of carbonyl (C=O) groups is 1. The molecule has 4 heterocycles. The number of amides is 1.